The lowest BCUT2D eigenvalue weighted by Crippen LogP contribution is -2.22. The van der Waals surface area contributed by atoms with Gasteiger partial charge in [0.2, 0.25) is 0 Å². The minimum atomic E-state index is -2.90. The number of nitrogens with zero attached hydrogens (tertiary/aromatic N) is 1. The van der Waals surface area contributed by atoms with Gasteiger partial charge in [0.05, 0.1) is 13.2 Å². The van der Waals surface area contributed by atoms with Gasteiger partial charge in [-0.3, -0.25) is 0 Å². The van der Waals surface area contributed by atoms with E-state index in [0.717, 1.165) is 6.42 Å². The van der Waals surface area contributed by atoms with Crippen LogP contribution < -0.4 is 14.8 Å². The standard InChI is InChI=1S/C15H20F2N2O2/c1-15(2,7-4-8-18)10-19-11-5-6-12(20-3)13(9-11)21-14(16)17/h5-6,9,14,19H,4,7,10H2,1-3H3. The molecule has 0 fully saturated rings. The third-order valence-corrected chi connectivity index (χ3v) is 3.06. The molecule has 1 rings (SSSR count). The van der Waals surface area contributed by atoms with Crippen LogP contribution in [0.3, 0.4) is 0 Å². The van der Waals surface area contributed by atoms with Crippen LogP contribution in [-0.2, 0) is 0 Å². The number of hydrogen-bond donors (Lipinski definition) is 1. The average molecular weight is 298 g/mol. The van der Waals surface area contributed by atoms with Gasteiger partial charge in [-0.2, -0.15) is 14.0 Å². The fourth-order valence-corrected chi connectivity index (χ4v) is 1.80. The lowest BCUT2D eigenvalue weighted by Gasteiger charge is -2.24. The summed E-state index contributed by atoms with van der Waals surface area (Å²) in [5.41, 5.74) is 0.593. The summed E-state index contributed by atoms with van der Waals surface area (Å²) < 4.78 is 34.1. The van der Waals surface area contributed by atoms with Crippen molar-refractivity contribution in [2.45, 2.75) is 33.3 Å². The van der Waals surface area contributed by atoms with Gasteiger partial charge < -0.3 is 14.8 Å². The van der Waals surface area contributed by atoms with E-state index in [2.05, 4.69) is 16.1 Å². The van der Waals surface area contributed by atoms with Crippen LogP contribution >= 0.6 is 0 Å². The highest BCUT2D eigenvalue weighted by molar-refractivity contribution is 5.54. The zero-order valence-corrected chi connectivity index (χ0v) is 12.5. The molecule has 0 bridgehead atoms. The molecule has 6 heteroatoms. The Bertz CT molecular complexity index is 499. The van der Waals surface area contributed by atoms with Crippen molar-refractivity contribution >= 4 is 5.69 Å². The smallest absolute Gasteiger partial charge is 0.387 e. The Morgan fingerprint density at radius 1 is 1.33 bits per heavy atom. The molecule has 21 heavy (non-hydrogen) atoms. The number of ether oxygens (including phenoxy) is 2. The molecule has 0 aliphatic rings. The van der Waals surface area contributed by atoms with Crippen LogP contribution in [0, 0.1) is 16.7 Å². The second kappa shape index (κ2) is 7.67. The number of halogens is 2. The first kappa shape index (κ1) is 17.0. The highest BCUT2D eigenvalue weighted by Gasteiger charge is 2.18. The number of methoxy groups -OCH3 is 1. The highest BCUT2D eigenvalue weighted by Crippen LogP contribution is 2.32. The molecule has 1 N–H and O–H groups in total. The van der Waals surface area contributed by atoms with Gasteiger partial charge in [-0.15, -0.1) is 0 Å². The predicted octanol–water partition coefficient (Wildman–Crippen LogP) is 4.04. The fraction of sp³-hybridized carbons (Fsp3) is 0.533. The molecule has 0 aliphatic carbocycles. The largest absolute Gasteiger partial charge is 0.493 e. The Balaban J connectivity index is 2.73. The van der Waals surface area contributed by atoms with Crippen molar-refractivity contribution in [1.82, 2.24) is 0 Å². The Hall–Kier alpha value is -2.03. The Morgan fingerprint density at radius 2 is 2.05 bits per heavy atom. The number of nitriles is 1. The molecule has 0 amide bonds. The van der Waals surface area contributed by atoms with E-state index in [1.165, 1.54) is 13.2 Å². The second-order valence-corrected chi connectivity index (χ2v) is 5.42. The SMILES string of the molecule is COc1ccc(NCC(C)(C)CCC#N)cc1OC(F)F. The summed E-state index contributed by atoms with van der Waals surface area (Å²) in [6.07, 6.45) is 1.24. The molecule has 116 valence electrons. The zero-order chi connectivity index (χ0) is 15.9. The van der Waals surface area contributed by atoms with Crippen molar-refractivity contribution < 1.29 is 18.3 Å². The lowest BCUT2D eigenvalue weighted by atomic mass is 9.88. The first-order valence-corrected chi connectivity index (χ1v) is 6.61. The Morgan fingerprint density at radius 3 is 2.62 bits per heavy atom. The van der Waals surface area contributed by atoms with Gasteiger partial charge in [-0.05, 0) is 24.0 Å². The summed E-state index contributed by atoms with van der Waals surface area (Å²) in [5.74, 6) is 0.247. The normalized spacial score (nSPS) is 11.1. The third kappa shape index (κ3) is 5.86. The molecule has 0 radical (unpaired) electrons. The van der Waals surface area contributed by atoms with E-state index >= 15 is 0 Å². The van der Waals surface area contributed by atoms with Crippen molar-refractivity contribution in [2.24, 2.45) is 5.41 Å². The topological polar surface area (TPSA) is 54.3 Å². The minimum Gasteiger partial charge on any atom is -0.493 e. The summed E-state index contributed by atoms with van der Waals surface area (Å²) in [4.78, 5) is 0. The van der Waals surface area contributed by atoms with Gasteiger partial charge in [-0.1, -0.05) is 13.8 Å². The van der Waals surface area contributed by atoms with Crippen LogP contribution in [0.15, 0.2) is 18.2 Å². The molecule has 0 saturated heterocycles. The number of rotatable bonds is 8. The number of benzene rings is 1. The third-order valence-electron chi connectivity index (χ3n) is 3.06. The van der Waals surface area contributed by atoms with E-state index < -0.39 is 6.61 Å². The number of nitrogens with one attached hydrogen (secondary N) is 1. The van der Waals surface area contributed by atoms with Crippen molar-refractivity contribution in [3.05, 3.63) is 18.2 Å². The van der Waals surface area contributed by atoms with Crippen molar-refractivity contribution in [3.8, 4) is 17.6 Å². The number of hydrogen-bond acceptors (Lipinski definition) is 4. The predicted molar refractivity (Wildman–Crippen MR) is 76.7 cm³/mol. The van der Waals surface area contributed by atoms with E-state index in [1.807, 2.05) is 13.8 Å². The van der Waals surface area contributed by atoms with Crippen LogP contribution in [0.4, 0.5) is 14.5 Å². The first-order valence-electron chi connectivity index (χ1n) is 6.61. The molecule has 0 heterocycles. The summed E-state index contributed by atoms with van der Waals surface area (Å²) in [5, 5.41) is 11.8. The quantitative estimate of drug-likeness (QED) is 0.787. The maximum atomic E-state index is 12.4. The van der Waals surface area contributed by atoms with Gasteiger partial charge in [0.25, 0.3) is 0 Å². The van der Waals surface area contributed by atoms with E-state index in [0.29, 0.717) is 18.7 Å². The highest BCUT2D eigenvalue weighted by atomic mass is 19.3. The maximum Gasteiger partial charge on any atom is 0.387 e. The average Bonchev–Trinajstić information content (AvgIpc) is 2.43. The van der Waals surface area contributed by atoms with Crippen LogP contribution in [0.25, 0.3) is 0 Å². The van der Waals surface area contributed by atoms with Gasteiger partial charge in [0.1, 0.15) is 0 Å². The molecule has 0 atom stereocenters. The Kier molecular flexibility index (Phi) is 6.22. The van der Waals surface area contributed by atoms with Crippen LogP contribution in [-0.4, -0.2) is 20.3 Å². The summed E-state index contributed by atoms with van der Waals surface area (Å²) in [6.45, 7) is 1.80. The molecule has 1 aromatic carbocycles. The van der Waals surface area contributed by atoms with Crippen LogP contribution in [0.1, 0.15) is 26.7 Å². The van der Waals surface area contributed by atoms with Gasteiger partial charge in [-0.25, -0.2) is 0 Å². The van der Waals surface area contributed by atoms with Gasteiger partial charge in [0.15, 0.2) is 11.5 Å². The summed E-state index contributed by atoms with van der Waals surface area (Å²) in [7, 11) is 1.39. The monoisotopic (exact) mass is 298 g/mol. The van der Waals surface area contributed by atoms with Crippen molar-refractivity contribution in [3.63, 3.8) is 0 Å². The van der Waals surface area contributed by atoms with E-state index in [4.69, 9.17) is 10.00 Å². The molecule has 0 aromatic heterocycles. The van der Waals surface area contributed by atoms with E-state index in [-0.39, 0.29) is 16.9 Å². The molecule has 0 unspecified atom stereocenters. The molecule has 0 spiro atoms. The summed E-state index contributed by atoms with van der Waals surface area (Å²) >= 11 is 0. The van der Waals surface area contributed by atoms with Crippen LogP contribution in [0.2, 0.25) is 0 Å². The number of anilines is 1. The van der Waals surface area contributed by atoms with Crippen molar-refractivity contribution in [2.75, 3.05) is 19.0 Å². The summed E-state index contributed by atoms with van der Waals surface area (Å²) in [6, 6.07) is 6.90. The molecular formula is C15H20F2N2O2. The first-order chi connectivity index (χ1) is 9.88. The molecule has 0 saturated carbocycles. The molecule has 4 nitrogen and oxygen atoms in total. The maximum absolute atomic E-state index is 12.4. The zero-order valence-electron chi connectivity index (χ0n) is 12.5. The lowest BCUT2D eigenvalue weighted by molar-refractivity contribution is -0.0511. The van der Waals surface area contributed by atoms with E-state index in [9.17, 15) is 8.78 Å². The van der Waals surface area contributed by atoms with Gasteiger partial charge in [0, 0.05) is 24.7 Å². The molecular weight excluding hydrogens is 278 g/mol. The van der Waals surface area contributed by atoms with Crippen molar-refractivity contribution in [1.29, 1.82) is 5.26 Å². The van der Waals surface area contributed by atoms with Crippen LogP contribution in [0.5, 0.6) is 11.5 Å². The Labute approximate surface area is 123 Å². The molecule has 1 aromatic rings. The second-order valence-electron chi connectivity index (χ2n) is 5.42. The number of alkyl halides is 2. The van der Waals surface area contributed by atoms with E-state index in [1.54, 1.807) is 12.1 Å². The fourth-order valence-electron chi connectivity index (χ4n) is 1.80. The van der Waals surface area contributed by atoms with Gasteiger partial charge >= 0.3 is 6.61 Å². The molecule has 0 aliphatic heterocycles. The minimum absolute atomic E-state index is 0.00710.